The first-order chi connectivity index (χ1) is 38.1. The number of nitrogens with two attached hydrogens (primary N) is 1. The van der Waals surface area contributed by atoms with Crippen molar-refractivity contribution in [1.29, 1.82) is 0 Å². The molecule has 4 heterocycles. The van der Waals surface area contributed by atoms with Crippen LogP contribution in [0.25, 0.3) is 42.7 Å². The number of aldehydes is 1. The van der Waals surface area contributed by atoms with Crippen LogP contribution < -0.4 is 21.7 Å². The summed E-state index contributed by atoms with van der Waals surface area (Å²) in [4.78, 5) is 37.3. The molecular formula is C51H44F14N10O5S2. The molecule has 0 spiro atoms. The lowest BCUT2D eigenvalue weighted by Crippen LogP contribution is -2.43. The van der Waals surface area contributed by atoms with Crippen LogP contribution in [0.15, 0.2) is 109 Å². The standard InChI is InChI=1S/C26H25F4N5O2S.C21H17F4N5S.C2HF3O2.C2HF3O/c1-25(2,3)37-24(36)33-20(10-15-4-8-19(9-5-15)26(28,29)30)14-32-23-35-34-22(38-23)16-6-7-17-13-31-21(27)12-18(17)11-16;22-18-9-15-8-13(3-4-14(15)10-27-18)19-29-30-20(31-19)28-11-17(26)7-12-1-5-16(6-2-12)21(23,24)25;3-2(4,5)1(6)7;3-2(4,5)1-6/h4-9,11-13,20H,10,14H2,1-3H3,(H,32,35)(H,33,36);1-6,8-10,17H,7,11,26H2,(H,28,30);(H,6,7);1H/t20-;17-;;/m00../s1. The number of amides is 1. The third kappa shape index (κ3) is 21.4. The number of benzene rings is 4. The average molecular weight is 1210 g/mol. The normalized spacial score (nSPS) is 12.6. The molecule has 8 aromatic rings. The van der Waals surface area contributed by atoms with Crippen LogP contribution in [-0.4, -0.2) is 96.9 Å². The van der Waals surface area contributed by atoms with Gasteiger partial charge < -0.3 is 31.5 Å². The number of pyridine rings is 2. The van der Waals surface area contributed by atoms with Crippen LogP contribution >= 0.6 is 22.7 Å². The second-order valence-electron chi connectivity index (χ2n) is 18.1. The first-order valence-corrected chi connectivity index (χ1v) is 24.9. The number of halogens is 14. The number of aromatic nitrogens is 6. The van der Waals surface area contributed by atoms with E-state index in [1.165, 1.54) is 71.5 Å². The largest absolute Gasteiger partial charge is 0.490 e. The summed E-state index contributed by atoms with van der Waals surface area (Å²) in [6.45, 7) is 5.79. The summed E-state index contributed by atoms with van der Waals surface area (Å²) in [7, 11) is 0. The van der Waals surface area contributed by atoms with Gasteiger partial charge in [-0.25, -0.2) is 19.6 Å². The van der Waals surface area contributed by atoms with Crippen molar-refractivity contribution < 1.29 is 85.7 Å². The number of alkyl halides is 12. The van der Waals surface area contributed by atoms with Gasteiger partial charge in [0.1, 0.15) is 15.6 Å². The molecule has 82 heavy (non-hydrogen) atoms. The lowest BCUT2D eigenvalue weighted by atomic mass is 10.0. The Morgan fingerprint density at radius 3 is 1.39 bits per heavy atom. The second kappa shape index (κ2) is 27.5. The number of nitrogens with one attached hydrogen (secondary N) is 3. The number of nitrogens with zero attached hydrogens (tertiary/aromatic N) is 6. The Kier molecular flexibility index (Phi) is 21.7. The van der Waals surface area contributed by atoms with Gasteiger partial charge in [-0.3, -0.25) is 4.79 Å². The van der Waals surface area contributed by atoms with Crippen LogP contribution in [0.4, 0.5) is 76.5 Å². The van der Waals surface area contributed by atoms with Crippen molar-refractivity contribution in [3.63, 3.8) is 0 Å². The molecule has 0 aliphatic rings. The van der Waals surface area contributed by atoms with E-state index in [-0.39, 0.29) is 19.0 Å². The van der Waals surface area contributed by atoms with Crippen molar-refractivity contribution in [1.82, 2.24) is 35.7 Å². The van der Waals surface area contributed by atoms with Crippen molar-refractivity contribution >= 4 is 72.8 Å². The minimum absolute atomic E-state index is 0.212. The maximum atomic E-state index is 13.5. The number of carbonyl (C=O) groups is 3. The molecule has 31 heteroatoms. The van der Waals surface area contributed by atoms with Crippen molar-refractivity contribution in [3.05, 3.63) is 144 Å². The molecule has 0 aliphatic heterocycles. The Morgan fingerprint density at radius 1 is 0.610 bits per heavy atom. The van der Waals surface area contributed by atoms with Crippen molar-refractivity contribution in [2.75, 3.05) is 23.7 Å². The van der Waals surface area contributed by atoms with E-state index in [0.717, 1.165) is 51.7 Å². The second-order valence-corrected chi connectivity index (χ2v) is 20.0. The van der Waals surface area contributed by atoms with Gasteiger partial charge >= 0.3 is 36.8 Å². The molecule has 4 aromatic carbocycles. The molecular weight excluding hydrogens is 1160 g/mol. The predicted octanol–water partition coefficient (Wildman–Crippen LogP) is 12.7. The van der Waals surface area contributed by atoms with Crippen LogP contribution in [0.3, 0.4) is 0 Å². The number of alkyl carbamates (subject to hydrolysis) is 1. The first kappa shape index (κ1) is 64.6. The minimum Gasteiger partial charge on any atom is -0.475 e. The number of hydrogen-bond acceptors (Lipinski definition) is 15. The van der Waals surface area contributed by atoms with Gasteiger partial charge in [0.15, 0.2) is 0 Å². The Balaban J connectivity index is 0.000000250. The van der Waals surface area contributed by atoms with Crippen LogP contribution in [0, 0.1) is 11.9 Å². The minimum atomic E-state index is -5.08. The smallest absolute Gasteiger partial charge is 0.475 e. The molecule has 438 valence electrons. The lowest BCUT2D eigenvalue weighted by Gasteiger charge is -2.24. The van der Waals surface area contributed by atoms with E-state index in [2.05, 4.69) is 46.3 Å². The molecule has 0 radical (unpaired) electrons. The molecule has 1 amide bonds. The number of anilines is 2. The number of aliphatic carboxylic acids is 1. The molecule has 0 saturated heterocycles. The van der Waals surface area contributed by atoms with Crippen molar-refractivity contribution in [3.8, 4) is 21.1 Å². The fraction of sp³-hybridized carbons (Fsp3) is 0.275. The highest BCUT2D eigenvalue weighted by molar-refractivity contribution is 7.18. The Labute approximate surface area is 463 Å². The van der Waals surface area contributed by atoms with Crippen LogP contribution in [0.1, 0.15) is 43.0 Å². The van der Waals surface area contributed by atoms with Crippen molar-refractivity contribution in [2.45, 2.75) is 76.0 Å². The van der Waals surface area contributed by atoms with E-state index in [1.807, 2.05) is 30.3 Å². The topological polar surface area (TPSA) is 220 Å². The first-order valence-electron chi connectivity index (χ1n) is 23.3. The molecule has 6 N–H and O–H groups in total. The lowest BCUT2D eigenvalue weighted by molar-refractivity contribution is -0.192. The Hall–Kier alpha value is -8.19. The predicted molar refractivity (Wildman–Crippen MR) is 275 cm³/mol. The maximum Gasteiger partial charge on any atom is 0.490 e. The van der Waals surface area contributed by atoms with E-state index in [0.29, 0.717) is 49.6 Å². The highest BCUT2D eigenvalue weighted by Gasteiger charge is 2.38. The fourth-order valence-corrected chi connectivity index (χ4v) is 8.21. The molecule has 8 rings (SSSR count). The Bertz CT molecular complexity index is 3410. The quantitative estimate of drug-likeness (QED) is 0.0412. The third-order valence-electron chi connectivity index (χ3n) is 10.4. The van der Waals surface area contributed by atoms with Gasteiger partial charge in [0.2, 0.25) is 28.4 Å². The van der Waals surface area contributed by atoms with Gasteiger partial charge in [-0.1, -0.05) is 71.2 Å². The fourth-order valence-electron chi connectivity index (χ4n) is 6.71. The number of carbonyl (C=O) groups excluding carboxylic acids is 2. The van der Waals surface area contributed by atoms with Gasteiger partial charge in [-0.2, -0.15) is 61.5 Å². The molecule has 0 unspecified atom stereocenters. The number of rotatable bonds is 13. The van der Waals surface area contributed by atoms with E-state index in [4.69, 9.17) is 25.2 Å². The van der Waals surface area contributed by atoms with Crippen LogP contribution in [0.2, 0.25) is 0 Å². The summed E-state index contributed by atoms with van der Waals surface area (Å²) >= 11 is 2.60. The zero-order valence-electron chi connectivity index (χ0n) is 42.4. The van der Waals surface area contributed by atoms with E-state index < -0.39 is 77.7 Å². The number of carboxylic acid groups (broad SMARTS) is 1. The number of hydrogen-bond donors (Lipinski definition) is 5. The molecule has 4 aromatic heterocycles. The van der Waals surface area contributed by atoms with E-state index >= 15 is 0 Å². The molecule has 0 aliphatic carbocycles. The molecule has 2 atom stereocenters. The molecule has 0 saturated carbocycles. The third-order valence-corrected chi connectivity index (χ3v) is 12.2. The molecule has 0 bridgehead atoms. The van der Waals surface area contributed by atoms with Crippen LogP contribution in [-0.2, 0) is 39.5 Å². The SMILES string of the molecule is CC(C)(C)OC(=O)N[C@H](CNc1nnc(-c2ccc3cnc(F)cc3c2)s1)Cc1ccc(C(F)(F)F)cc1.N[C@H](CNc1nnc(-c2ccc3cnc(F)cc3c2)s1)Cc1ccc(C(F)(F)F)cc1.O=C(O)C(F)(F)F.O=CC(F)(F)F. The molecule has 0 fully saturated rings. The summed E-state index contributed by atoms with van der Waals surface area (Å²) in [5.41, 5.74) is 6.84. The highest BCUT2D eigenvalue weighted by Crippen LogP contribution is 2.33. The van der Waals surface area contributed by atoms with Gasteiger partial charge in [0, 0.05) is 65.6 Å². The summed E-state index contributed by atoms with van der Waals surface area (Å²) in [6.07, 6.45) is -16.6. The zero-order valence-corrected chi connectivity index (χ0v) is 44.0. The highest BCUT2D eigenvalue weighted by atomic mass is 32.1. The van der Waals surface area contributed by atoms with E-state index in [9.17, 15) is 66.3 Å². The summed E-state index contributed by atoms with van der Waals surface area (Å²) < 4.78 is 172. The van der Waals surface area contributed by atoms with Gasteiger partial charge in [0.25, 0.3) is 0 Å². The number of ether oxygens (including phenoxy) is 1. The van der Waals surface area contributed by atoms with Crippen LogP contribution in [0.5, 0.6) is 0 Å². The van der Waals surface area contributed by atoms with E-state index in [1.54, 1.807) is 26.8 Å². The van der Waals surface area contributed by atoms with Gasteiger partial charge in [-0.15, -0.1) is 20.4 Å². The Morgan fingerprint density at radius 2 is 1.01 bits per heavy atom. The summed E-state index contributed by atoms with van der Waals surface area (Å²) in [5, 5.41) is 38.1. The summed E-state index contributed by atoms with van der Waals surface area (Å²) in [5.74, 6) is -3.88. The zero-order chi connectivity index (χ0) is 60.8. The number of carboxylic acids is 1. The maximum absolute atomic E-state index is 13.5. The number of fused-ring (bicyclic) bond motifs is 2. The van der Waals surface area contributed by atoms with Crippen molar-refractivity contribution in [2.24, 2.45) is 5.73 Å². The van der Waals surface area contributed by atoms with Gasteiger partial charge in [0.05, 0.1) is 17.2 Å². The average Bonchev–Trinajstić information content (AvgIpc) is 4.25. The summed E-state index contributed by atoms with van der Waals surface area (Å²) in [6, 6.07) is 22.6. The monoisotopic (exact) mass is 1210 g/mol. The molecule has 15 nitrogen and oxygen atoms in total. The van der Waals surface area contributed by atoms with Gasteiger partial charge in [-0.05, 0) is 91.9 Å².